The predicted molar refractivity (Wildman–Crippen MR) is 67.0 cm³/mol. The first-order chi connectivity index (χ1) is 8.89. The van der Waals surface area contributed by atoms with Crippen LogP contribution in [-0.2, 0) is 0 Å². The van der Waals surface area contributed by atoms with Crippen LogP contribution < -0.4 is 4.90 Å². The van der Waals surface area contributed by atoms with Crippen molar-refractivity contribution in [2.24, 2.45) is 0 Å². The molecule has 0 amide bonds. The minimum atomic E-state index is -4.36. The van der Waals surface area contributed by atoms with E-state index in [9.17, 15) is 18.3 Å². The van der Waals surface area contributed by atoms with Gasteiger partial charge in [0, 0.05) is 17.8 Å². The van der Waals surface area contributed by atoms with Crippen molar-refractivity contribution in [2.75, 3.05) is 24.6 Å². The van der Waals surface area contributed by atoms with Crippen LogP contribution in [0.5, 0.6) is 0 Å². The number of benzene rings is 1. The Balaban J connectivity index is 3.08. The van der Waals surface area contributed by atoms with E-state index in [0.717, 1.165) is 4.90 Å². The first-order valence-corrected chi connectivity index (χ1v) is 6.08. The van der Waals surface area contributed by atoms with Crippen molar-refractivity contribution in [1.82, 2.24) is 0 Å². The van der Waals surface area contributed by atoms with Gasteiger partial charge in [0.2, 0.25) is 0 Å². The Bertz CT molecular complexity index is 396. The highest BCUT2D eigenvalue weighted by molar-refractivity contribution is 5.54. The van der Waals surface area contributed by atoms with E-state index in [-0.39, 0.29) is 13.2 Å². The largest absolute Gasteiger partial charge is 0.405 e. The van der Waals surface area contributed by atoms with Gasteiger partial charge in [-0.2, -0.15) is 13.2 Å². The molecule has 0 aliphatic carbocycles. The quantitative estimate of drug-likeness (QED) is 0.839. The van der Waals surface area contributed by atoms with Gasteiger partial charge in [-0.3, -0.25) is 0 Å². The number of aliphatic hydroxyl groups is 2. The molecular formula is C13H18F3NO2. The average Bonchev–Trinajstić information content (AvgIpc) is 2.36. The second kappa shape index (κ2) is 6.77. The third-order valence-corrected chi connectivity index (χ3v) is 2.76. The lowest BCUT2D eigenvalue weighted by molar-refractivity contribution is -0.119. The lowest BCUT2D eigenvalue weighted by Crippen LogP contribution is -2.37. The molecular weight excluding hydrogens is 259 g/mol. The summed E-state index contributed by atoms with van der Waals surface area (Å²) in [6.45, 7) is 0.0855. The van der Waals surface area contributed by atoms with E-state index in [4.69, 9.17) is 5.11 Å². The van der Waals surface area contributed by atoms with Gasteiger partial charge in [0.15, 0.2) is 0 Å². The molecule has 0 fully saturated rings. The van der Waals surface area contributed by atoms with Crippen LogP contribution in [0.4, 0.5) is 18.9 Å². The van der Waals surface area contributed by atoms with Crippen LogP contribution in [0.2, 0.25) is 0 Å². The fourth-order valence-electron chi connectivity index (χ4n) is 1.90. The molecule has 1 aromatic carbocycles. The number of rotatable bonds is 6. The molecule has 0 saturated carbocycles. The SMILES string of the molecule is CCC(O)c1ccccc1N(CCO)CC(F)(F)F. The van der Waals surface area contributed by atoms with Gasteiger partial charge in [-0.05, 0) is 12.5 Å². The van der Waals surface area contributed by atoms with Crippen LogP contribution in [0, 0.1) is 0 Å². The van der Waals surface area contributed by atoms with E-state index >= 15 is 0 Å². The highest BCUT2D eigenvalue weighted by Crippen LogP contribution is 2.30. The normalized spacial score (nSPS) is 13.4. The first-order valence-electron chi connectivity index (χ1n) is 6.08. The predicted octanol–water partition coefficient (Wildman–Crippen LogP) is 2.49. The Morgan fingerprint density at radius 3 is 2.42 bits per heavy atom. The minimum Gasteiger partial charge on any atom is -0.395 e. The Labute approximate surface area is 110 Å². The van der Waals surface area contributed by atoms with Crippen LogP contribution in [0.25, 0.3) is 0 Å². The number of aliphatic hydroxyl groups excluding tert-OH is 2. The maximum Gasteiger partial charge on any atom is 0.405 e. The fourth-order valence-corrected chi connectivity index (χ4v) is 1.90. The Morgan fingerprint density at radius 1 is 1.26 bits per heavy atom. The molecule has 2 N–H and O–H groups in total. The second-order valence-electron chi connectivity index (χ2n) is 4.24. The van der Waals surface area contributed by atoms with Gasteiger partial charge in [0.25, 0.3) is 0 Å². The highest BCUT2D eigenvalue weighted by Gasteiger charge is 2.31. The Hall–Kier alpha value is -1.27. The van der Waals surface area contributed by atoms with Crippen molar-refractivity contribution in [1.29, 1.82) is 0 Å². The third kappa shape index (κ3) is 4.72. The van der Waals surface area contributed by atoms with Crippen molar-refractivity contribution < 1.29 is 23.4 Å². The van der Waals surface area contributed by atoms with E-state index in [2.05, 4.69) is 0 Å². The third-order valence-electron chi connectivity index (χ3n) is 2.76. The molecule has 1 unspecified atom stereocenters. The zero-order valence-electron chi connectivity index (χ0n) is 10.7. The van der Waals surface area contributed by atoms with Gasteiger partial charge in [-0.25, -0.2) is 0 Å². The van der Waals surface area contributed by atoms with Crippen molar-refractivity contribution in [3.8, 4) is 0 Å². The Kier molecular flexibility index (Phi) is 5.62. The summed E-state index contributed by atoms with van der Waals surface area (Å²) in [5, 5.41) is 18.8. The molecule has 0 aliphatic rings. The molecule has 0 spiro atoms. The summed E-state index contributed by atoms with van der Waals surface area (Å²) in [6, 6.07) is 6.41. The van der Waals surface area contributed by atoms with Gasteiger partial charge in [-0.1, -0.05) is 25.1 Å². The van der Waals surface area contributed by atoms with E-state index in [1.165, 1.54) is 6.07 Å². The molecule has 0 saturated heterocycles. The molecule has 3 nitrogen and oxygen atoms in total. The molecule has 0 heterocycles. The smallest absolute Gasteiger partial charge is 0.395 e. The number of para-hydroxylation sites is 1. The molecule has 0 aliphatic heterocycles. The van der Waals surface area contributed by atoms with Crippen molar-refractivity contribution >= 4 is 5.69 Å². The number of hydrogen-bond donors (Lipinski definition) is 2. The summed E-state index contributed by atoms with van der Waals surface area (Å²) in [5.41, 5.74) is 0.755. The molecule has 1 aromatic rings. The minimum absolute atomic E-state index is 0.132. The van der Waals surface area contributed by atoms with E-state index < -0.39 is 18.8 Å². The lowest BCUT2D eigenvalue weighted by Gasteiger charge is -2.28. The van der Waals surface area contributed by atoms with E-state index in [1.807, 2.05) is 0 Å². The fraction of sp³-hybridized carbons (Fsp3) is 0.538. The second-order valence-corrected chi connectivity index (χ2v) is 4.24. The standard InChI is InChI=1S/C13H18F3NO2/c1-2-12(19)10-5-3-4-6-11(10)17(7-8-18)9-13(14,15)16/h3-6,12,18-19H,2,7-9H2,1H3. The van der Waals surface area contributed by atoms with Crippen molar-refractivity contribution in [3.05, 3.63) is 29.8 Å². The van der Waals surface area contributed by atoms with Crippen LogP contribution >= 0.6 is 0 Å². The summed E-state index contributed by atoms with van der Waals surface area (Å²) < 4.78 is 37.6. The number of hydrogen-bond acceptors (Lipinski definition) is 3. The van der Waals surface area contributed by atoms with Crippen LogP contribution in [0.1, 0.15) is 25.0 Å². The molecule has 1 atom stereocenters. The summed E-state index contributed by atoms with van der Waals surface area (Å²) in [6.07, 6.45) is -4.76. The van der Waals surface area contributed by atoms with Crippen LogP contribution in [0.3, 0.4) is 0 Å². The van der Waals surface area contributed by atoms with Gasteiger partial charge < -0.3 is 15.1 Å². The zero-order valence-corrected chi connectivity index (χ0v) is 10.7. The van der Waals surface area contributed by atoms with Crippen molar-refractivity contribution in [2.45, 2.75) is 25.6 Å². The summed E-state index contributed by atoms with van der Waals surface area (Å²) >= 11 is 0. The molecule has 6 heteroatoms. The van der Waals surface area contributed by atoms with Gasteiger partial charge in [0.1, 0.15) is 6.54 Å². The zero-order chi connectivity index (χ0) is 14.5. The van der Waals surface area contributed by atoms with Crippen LogP contribution in [-0.4, -0.2) is 36.1 Å². The number of nitrogens with zero attached hydrogens (tertiary/aromatic N) is 1. The van der Waals surface area contributed by atoms with Gasteiger partial charge in [0.05, 0.1) is 12.7 Å². The molecule has 1 rings (SSSR count). The molecule has 19 heavy (non-hydrogen) atoms. The van der Waals surface area contributed by atoms with E-state index in [0.29, 0.717) is 17.7 Å². The van der Waals surface area contributed by atoms with Gasteiger partial charge >= 0.3 is 6.18 Å². The molecule has 0 aromatic heterocycles. The maximum absolute atomic E-state index is 12.5. The van der Waals surface area contributed by atoms with Crippen LogP contribution in [0.15, 0.2) is 24.3 Å². The Morgan fingerprint density at radius 2 is 1.89 bits per heavy atom. The summed E-state index contributed by atoms with van der Waals surface area (Å²) in [7, 11) is 0. The molecule has 108 valence electrons. The summed E-state index contributed by atoms with van der Waals surface area (Å²) in [4.78, 5) is 1.04. The average molecular weight is 277 g/mol. The van der Waals surface area contributed by atoms with Gasteiger partial charge in [-0.15, -0.1) is 0 Å². The van der Waals surface area contributed by atoms with Crippen molar-refractivity contribution in [3.63, 3.8) is 0 Å². The number of alkyl halides is 3. The first kappa shape index (κ1) is 15.8. The molecule has 0 radical (unpaired) electrons. The lowest BCUT2D eigenvalue weighted by atomic mass is 10.0. The topological polar surface area (TPSA) is 43.7 Å². The highest BCUT2D eigenvalue weighted by atomic mass is 19.4. The summed E-state index contributed by atoms with van der Waals surface area (Å²) in [5.74, 6) is 0. The monoisotopic (exact) mass is 277 g/mol. The molecule has 0 bridgehead atoms. The van der Waals surface area contributed by atoms with E-state index in [1.54, 1.807) is 25.1 Å². The maximum atomic E-state index is 12.5. The number of halogens is 3. The number of anilines is 1.